The molecule has 0 radical (unpaired) electrons. The Kier molecular flexibility index (Phi) is 6.44. The molecule has 1 aromatic heterocycles. The first-order chi connectivity index (χ1) is 7.29. The van der Waals surface area contributed by atoms with Crippen LogP contribution in [0.2, 0.25) is 0 Å². The molecule has 0 aliphatic carbocycles. The van der Waals surface area contributed by atoms with Crippen molar-refractivity contribution in [2.75, 3.05) is 18.1 Å². The Morgan fingerprint density at radius 1 is 1.40 bits per heavy atom. The van der Waals surface area contributed by atoms with Crippen LogP contribution in [0.5, 0.6) is 0 Å². The quantitative estimate of drug-likeness (QED) is 0.721. The number of hydrogen-bond acceptors (Lipinski definition) is 3. The lowest BCUT2D eigenvalue weighted by Crippen LogP contribution is -2.17. The van der Waals surface area contributed by atoms with Gasteiger partial charge in [0.1, 0.15) is 0 Å². The largest absolute Gasteiger partial charge is 0.310 e. The lowest BCUT2D eigenvalue weighted by molar-refractivity contribution is 0.712. The molecule has 0 aromatic carbocycles. The average molecular weight is 224 g/mol. The summed E-state index contributed by atoms with van der Waals surface area (Å²) in [6.07, 6.45) is 1.84. The molecule has 0 spiro atoms. The molecule has 15 heavy (non-hydrogen) atoms. The lowest BCUT2D eigenvalue weighted by atomic mass is 10.3. The standard InChI is InChI=1S/C12H20N2S/c1-11(2)10-15-8-7-13-9-12-5-3-4-6-14-12/h3-6,11,13H,7-10H2,1-2H3. The van der Waals surface area contributed by atoms with Crippen LogP contribution in [0.15, 0.2) is 24.4 Å². The first kappa shape index (κ1) is 12.5. The molecule has 0 unspecified atom stereocenters. The molecular weight excluding hydrogens is 204 g/mol. The lowest BCUT2D eigenvalue weighted by Gasteiger charge is -2.05. The number of hydrogen-bond donors (Lipinski definition) is 1. The molecule has 0 saturated heterocycles. The molecule has 0 saturated carbocycles. The molecule has 3 heteroatoms. The highest BCUT2D eigenvalue weighted by Gasteiger charge is 1.95. The van der Waals surface area contributed by atoms with E-state index in [0.717, 1.165) is 24.7 Å². The van der Waals surface area contributed by atoms with Gasteiger partial charge in [0.15, 0.2) is 0 Å². The SMILES string of the molecule is CC(C)CSCCNCc1ccccn1. The minimum Gasteiger partial charge on any atom is -0.310 e. The van der Waals surface area contributed by atoms with Crippen molar-refractivity contribution >= 4 is 11.8 Å². The first-order valence-electron chi connectivity index (χ1n) is 5.47. The highest BCUT2D eigenvalue weighted by Crippen LogP contribution is 2.05. The number of nitrogens with zero attached hydrogens (tertiary/aromatic N) is 1. The molecule has 0 fully saturated rings. The van der Waals surface area contributed by atoms with Crippen molar-refractivity contribution in [1.29, 1.82) is 0 Å². The van der Waals surface area contributed by atoms with E-state index in [1.165, 1.54) is 11.5 Å². The van der Waals surface area contributed by atoms with E-state index < -0.39 is 0 Å². The van der Waals surface area contributed by atoms with Gasteiger partial charge < -0.3 is 5.32 Å². The summed E-state index contributed by atoms with van der Waals surface area (Å²) < 4.78 is 0. The van der Waals surface area contributed by atoms with Crippen LogP contribution in [0.25, 0.3) is 0 Å². The molecule has 1 rings (SSSR count). The third-order valence-corrected chi connectivity index (χ3v) is 3.30. The van der Waals surface area contributed by atoms with Gasteiger partial charge in [0, 0.05) is 25.0 Å². The third kappa shape index (κ3) is 6.52. The van der Waals surface area contributed by atoms with Crippen LogP contribution in [0.4, 0.5) is 0 Å². The number of aromatic nitrogens is 1. The summed E-state index contributed by atoms with van der Waals surface area (Å²) in [7, 11) is 0. The Hall–Kier alpha value is -0.540. The highest BCUT2D eigenvalue weighted by molar-refractivity contribution is 7.99. The van der Waals surface area contributed by atoms with Gasteiger partial charge in [0.2, 0.25) is 0 Å². The summed E-state index contributed by atoms with van der Waals surface area (Å²) in [6.45, 7) is 6.46. The van der Waals surface area contributed by atoms with E-state index in [1.54, 1.807) is 0 Å². The molecule has 0 bridgehead atoms. The van der Waals surface area contributed by atoms with Crippen molar-refractivity contribution in [1.82, 2.24) is 10.3 Å². The van der Waals surface area contributed by atoms with Crippen molar-refractivity contribution in [2.45, 2.75) is 20.4 Å². The van der Waals surface area contributed by atoms with E-state index in [9.17, 15) is 0 Å². The predicted octanol–water partition coefficient (Wildman–Crippen LogP) is 2.56. The smallest absolute Gasteiger partial charge is 0.0541 e. The van der Waals surface area contributed by atoms with Crippen LogP contribution < -0.4 is 5.32 Å². The summed E-state index contributed by atoms with van der Waals surface area (Å²) in [5.74, 6) is 3.24. The number of rotatable bonds is 7. The molecule has 2 nitrogen and oxygen atoms in total. The summed E-state index contributed by atoms with van der Waals surface area (Å²) in [6, 6.07) is 6.02. The summed E-state index contributed by atoms with van der Waals surface area (Å²) in [4.78, 5) is 4.26. The molecule has 1 heterocycles. The molecule has 1 N–H and O–H groups in total. The minimum atomic E-state index is 0.797. The molecule has 0 amide bonds. The van der Waals surface area contributed by atoms with Crippen molar-refractivity contribution in [3.8, 4) is 0 Å². The van der Waals surface area contributed by atoms with Crippen LogP contribution >= 0.6 is 11.8 Å². The fourth-order valence-electron chi connectivity index (χ4n) is 1.18. The first-order valence-corrected chi connectivity index (χ1v) is 6.63. The Morgan fingerprint density at radius 3 is 2.93 bits per heavy atom. The van der Waals surface area contributed by atoms with Crippen molar-refractivity contribution in [3.63, 3.8) is 0 Å². The van der Waals surface area contributed by atoms with Crippen LogP contribution in [0.3, 0.4) is 0 Å². The second kappa shape index (κ2) is 7.71. The van der Waals surface area contributed by atoms with E-state index in [1.807, 2.05) is 36.2 Å². The minimum absolute atomic E-state index is 0.797. The van der Waals surface area contributed by atoms with Gasteiger partial charge in [-0.15, -0.1) is 0 Å². The zero-order chi connectivity index (χ0) is 10.9. The van der Waals surface area contributed by atoms with Gasteiger partial charge in [0.25, 0.3) is 0 Å². The van der Waals surface area contributed by atoms with Gasteiger partial charge in [0.05, 0.1) is 5.69 Å². The van der Waals surface area contributed by atoms with Gasteiger partial charge in [-0.2, -0.15) is 11.8 Å². The maximum Gasteiger partial charge on any atom is 0.0541 e. The van der Waals surface area contributed by atoms with Crippen LogP contribution in [0, 0.1) is 5.92 Å². The number of nitrogens with one attached hydrogen (secondary N) is 1. The zero-order valence-electron chi connectivity index (χ0n) is 9.57. The Morgan fingerprint density at radius 2 is 2.27 bits per heavy atom. The molecule has 1 aromatic rings. The second-order valence-corrected chi connectivity index (χ2v) is 5.12. The summed E-state index contributed by atoms with van der Waals surface area (Å²) in [5.41, 5.74) is 1.12. The summed E-state index contributed by atoms with van der Waals surface area (Å²) in [5, 5.41) is 3.39. The predicted molar refractivity (Wildman–Crippen MR) is 68.1 cm³/mol. The maximum absolute atomic E-state index is 4.26. The topological polar surface area (TPSA) is 24.9 Å². The Balaban J connectivity index is 1.98. The summed E-state index contributed by atoms with van der Waals surface area (Å²) >= 11 is 2.01. The molecule has 0 aliphatic rings. The van der Waals surface area contributed by atoms with Crippen molar-refractivity contribution in [3.05, 3.63) is 30.1 Å². The zero-order valence-corrected chi connectivity index (χ0v) is 10.4. The number of thioether (sulfide) groups is 1. The molecular formula is C12H20N2S. The molecule has 0 atom stereocenters. The maximum atomic E-state index is 4.26. The van der Waals surface area contributed by atoms with Gasteiger partial charge in [-0.25, -0.2) is 0 Å². The van der Waals surface area contributed by atoms with Crippen molar-refractivity contribution < 1.29 is 0 Å². The van der Waals surface area contributed by atoms with Gasteiger partial charge in [-0.3, -0.25) is 4.98 Å². The Bertz CT molecular complexity index is 249. The fraction of sp³-hybridized carbons (Fsp3) is 0.583. The highest BCUT2D eigenvalue weighted by atomic mass is 32.2. The van der Waals surface area contributed by atoms with Crippen LogP contribution in [-0.4, -0.2) is 23.0 Å². The second-order valence-electron chi connectivity index (χ2n) is 3.97. The van der Waals surface area contributed by atoms with Crippen molar-refractivity contribution in [2.24, 2.45) is 5.92 Å². The average Bonchev–Trinajstić information content (AvgIpc) is 2.24. The fourth-order valence-corrected chi connectivity index (χ4v) is 2.11. The van der Waals surface area contributed by atoms with Crippen LogP contribution in [-0.2, 0) is 6.54 Å². The van der Waals surface area contributed by atoms with Gasteiger partial charge >= 0.3 is 0 Å². The van der Waals surface area contributed by atoms with E-state index in [0.29, 0.717) is 0 Å². The van der Waals surface area contributed by atoms with E-state index in [4.69, 9.17) is 0 Å². The monoisotopic (exact) mass is 224 g/mol. The number of pyridine rings is 1. The van der Waals surface area contributed by atoms with Gasteiger partial charge in [-0.1, -0.05) is 19.9 Å². The van der Waals surface area contributed by atoms with E-state index in [-0.39, 0.29) is 0 Å². The van der Waals surface area contributed by atoms with E-state index in [2.05, 4.69) is 24.1 Å². The normalized spacial score (nSPS) is 10.9. The third-order valence-electron chi connectivity index (χ3n) is 1.91. The van der Waals surface area contributed by atoms with Crippen LogP contribution in [0.1, 0.15) is 19.5 Å². The van der Waals surface area contributed by atoms with Gasteiger partial charge in [-0.05, 0) is 23.8 Å². The Labute approximate surface area is 96.9 Å². The van der Waals surface area contributed by atoms with E-state index >= 15 is 0 Å². The molecule has 0 aliphatic heterocycles. The molecule has 84 valence electrons.